The maximum Gasteiger partial charge on any atom is 0.326 e. The van der Waals surface area contributed by atoms with E-state index in [-0.39, 0.29) is 30.6 Å². The number of pyridine rings is 1. The van der Waals surface area contributed by atoms with Crippen molar-refractivity contribution in [1.82, 2.24) is 15.6 Å². The molecule has 12 nitrogen and oxygen atoms in total. The summed E-state index contributed by atoms with van der Waals surface area (Å²) in [4.78, 5) is 60.7. The minimum atomic E-state index is -1.32. The number of aromatic nitrogens is 1. The van der Waals surface area contributed by atoms with Gasteiger partial charge in [0.1, 0.15) is 11.7 Å². The molecule has 2 aromatic rings. The van der Waals surface area contributed by atoms with Crippen molar-refractivity contribution in [3.63, 3.8) is 0 Å². The first-order chi connectivity index (χ1) is 15.2. The molecule has 0 fully saturated rings. The molecule has 0 aliphatic carbocycles. The van der Waals surface area contributed by atoms with Crippen LogP contribution in [0.15, 0.2) is 42.5 Å². The molecule has 0 aliphatic rings. The number of amides is 4. The second kappa shape index (κ2) is 11.1. The number of carboxylic acids is 2. The number of carbonyl (C=O) groups is 5. The summed E-state index contributed by atoms with van der Waals surface area (Å²) in [6.45, 7) is 0.236. The molecule has 0 spiro atoms. The summed E-state index contributed by atoms with van der Waals surface area (Å²) in [6.07, 6.45) is -0.626. The van der Waals surface area contributed by atoms with Gasteiger partial charge in [0.2, 0.25) is 0 Å². The Morgan fingerprint density at radius 1 is 0.969 bits per heavy atom. The van der Waals surface area contributed by atoms with Gasteiger partial charge < -0.3 is 26.6 Å². The van der Waals surface area contributed by atoms with Crippen LogP contribution in [0.1, 0.15) is 39.4 Å². The molecule has 12 heteroatoms. The molecule has 7 N–H and O–H groups in total. The maximum absolute atomic E-state index is 12.2. The third-order valence-electron chi connectivity index (χ3n) is 4.15. The number of nitrogens with one attached hydrogen (secondary N) is 3. The lowest BCUT2D eigenvalue weighted by atomic mass is 10.1. The molecule has 32 heavy (non-hydrogen) atoms. The monoisotopic (exact) mass is 443 g/mol. The summed E-state index contributed by atoms with van der Waals surface area (Å²) < 4.78 is 0. The predicted molar refractivity (Wildman–Crippen MR) is 111 cm³/mol. The van der Waals surface area contributed by atoms with Gasteiger partial charge in [0.25, 0.3) is 11.8 Å². The van der Waals surface area contributed by atoms with E-state index in [4.69, 9.17) is 15.9 Å². The van der Waals surface area contributed by atoms with Crippen molar-refractivity contribution in [3.05, 3.63) is 59.4 Å². The van der Waals surface area contributed by atoms with Crippen molar-refractivity contribution >= 4 is 35.5 Å². The van der Waals surface area contributed by atoms with Crippen LogP contribution in [0.25, 0.3) is 0 Å². The average molecular weight is 443 g/mol. The first-order valence-electron chi connectivity index (χ1n) is 9.32. The number of carboxylic acid groups (broad SMARTS) is 2. The molecule has 1 aromatic carbocycles. The summed E-state index contributed by atoms with van der Waals surface area (Å²) in [5, 5.41) is 25.1. The Morgan fingerprint density at radius 3 is 2.25 bits per heavy atom. The number of carbonyl (C=O) groups excluding carboxylic acids is 3. The fraction of sp³-hybridized carbons (Fsp3) is 0.200. The Morgan fingerprint density at radius 2 is 1.66 bits per heavy atom. The van der Waals surface area contributed by atoms with Crippen LogP contribution in [0.5, 0.6) is 0 Å². The van der Waals surface area contributed by atoms with Gasteiger partial charge in [-0.05, 0) is 42.8 Å². The number of benzene rings is 1. The number of urea groups is 1. The van der Waals surface area contributed by atoms with E-state index in [0.717, 1.165) is 0 Å². The molecule has 0 radical (unpaired) electrons. The van der Waals surface area contributed by atoms with E-state index < -0.39 is 35.8 Å². The standard InChI is InChI=1S/C20H21N5O7/c21-20(32)25-18(29)14-3-1-2-13(23-14)10-22-12-6-4-11(5-7-12)17(28)24-15(19(30)31)8-9-16(26)27/h1-7,15,22H,8-10H2,(H,24,28)(H,26,27)(H,30,31)(H3,21,25,29,32)/t15-/m0/s1. The van der Waals surface area contributed by atoms with Crippen molar-refractivity contribution in [2.24, 2.45) is 5.73 Å². The van der Waals surface area contributed by atoms with Crippen molar-refractivity contribution in [2.75, 3.05) is 5.32 Å². The van der Waals surface area contributed by atoms with Gasteiger partial charge in [0.15, 0.2) is 0 Å². The van der Waals surface area contributed by atoms with Gasteiger partial charge in [-0.2, -0.15) is 0 Å². The highest BCUT2D eigenvalue weighted by molar-refractivity contribution is 6.02. The molecule has 168 valence electrons. The van der Waals surface area contributed by atoms with Gasteiger partial charge >= 0.3 is 18.0 Å². The zero-order valence-electron chi connectivity index (χ0n) is 16.7. The predicted octanol–water partition coefficient (Wildman–Crippen LogP) is 0.550. The zero-order valence-corrected chi connectivity index (χ0v) is 16.7. The van der Waals surface area contributed by atoms with Gasteiger partial charge in [-0.25, -0.2) is 14.6 Å². The highest BCUT2D eigenvalue weighted by atomic mass is 16.4. The lowest BCUT2D eigenvalue weighted by Gasteiger charge is -2.14. The zero-order chi connectivity index (χ0) is 23.7. The molecule has 1 heterocycles. The Bertz CT molecular complexity index is 1020. The van der Waals surface area contributed by atoms with Gasteiger partial charge in [-0.1, -0.05) is 6.07 Å². The van der Waals surface area contributed by atoms with Crippen molar-refractivity contribution in [1.29, 1.82) is 0 Å². The Hall–Kier alpha value is -4.48. The fourth-order valence-corrected chi connectivity index (χ4v) is 2.58. The van der Waals surface area contributed by atoms with E-state index in [0.29, 0.717) is 11.4 Å². The Balaban J connectivity index is 1.96. The van der Waals surface area contributed by atoms with Crippen LogP contribution in [-0.4, -0.2) is 51.0 Å². The first-order valence-corrected chi connectivity index (χ1v) is 9.32. The van der Waals surface area contributed by atoms with Crippen LogP contribution < -0.4 is 21.7 Å². The molecule has 0 saturated carbocycles. The number of hydrogen-bond acceptors (Lipinski definition) is 7. The minimum Gasteiger partial charge on any atom is -0.481 e. The fourth-order valence-electron chi connectivity index (χ4n) is 2.58. The van der Waals surface area contributed by atoms with Crippen LogP contribution in [0.3, 0.4) is 0 Å². The van der Waals surface area contributed by atoms with Gasteiger partial charge in [0.05, 0.1) is 12.2 Å². The number of imide groups is 1. The topological polar surface area (TPSA) is 201 Å². The Kier molecular flexibility index (Phi) is 8.22. The van der Waals surface area contributed by atoms with E-state index in [1.54, 1.807) is 24.3 Å². The number of anilines is 1. The van der Waals surface area contributed by atoms with Crippen LogP contribution in [0.4, 0.5) is 10.5 Å². The molecule has 0 saturated heterocycles. The maximum atomic E-state index is 12.2. The molecular formula is C20H21N5O7. The SMILES string of the molecule is NC(=O)NC(=O)c1cccc(CNc2ccc(C(=O)N[C@@H](CCC(=O)O)C(=O)O)cc2)n1. The highest BCUT2D eigenvalue weighted by Gasteiger charge is 2.21. The number of hydrogen-bond donors (Lipinski definition) is 6. The summed E-state index contributed by atoms with van der Waals surface area (Å²) in [6, 6.07) is 8.50. The Labute approximate surface area is 181 Å². The highest BCUT2D eigenvalue weighted by Crippen LogP contribution is 2.12. The van der Waals surface area contributed by atoms with Gasteiger partial charge in [-0.3, -0.25) is 19.7 Å². The quantitative estimate of drug-likeness (QED) is 0.303. The number of aliphatic carboxylic acids is 2. The van der Waals surface area contributed by atoms with Crippen molar-refractivity contribution in [2.45, 2.75) is 25.4 Å². The summed E-state index contributed by atoms with van der Waals surface area (Å²) in [5.74, 6) is -3.85. The van der Waals surface area contributed by atoms with E-state index in [9.17, 15) is 24.0 Å². The molecule has 2 rings (SSSR count). The third kappa shape index (κ3) is 7.40. The van der Waals surface area contributed by atoms with E-state index >= 15 is 0 Å². The number of nitrogens with zero attached hydrogens (tertiary/aromatic N) is 1. The van der Waals surface area contributed by atoms with E-state index in [1.807, 2.05) is 5.32 Å². The third-order valence-corrected chi connectivity index (χ3v) is 4.15. The largest absolute Gasteiger partial charge is 0.481 e. The van der Waals surface area contributed by atoms with Gasteiger partial charge in [-0.15, -0.1) is 0 Å². The second-order valence-corrected chi connectivity index (χ2v) is 6.56. The molecule has 1 aromatic heterocycles. The van der Waals surface area contributed by atoms with Crippen LogP contribution in [0.2, 0.25) is 0 Å². The number of nitrogens with two attached hydrogens (primary N) is 1. The molecule has 0 aliphatic heterocycles. The van der Waals surface area contributed by atoms with Crippen LogP contribution in [-0.2, 0) is 16.1 Å². The molecular weight excluding hydrogens is 422 g/mol. The lowest BCUT2D eigenvalue weighted by Crippen LogP contribution is -2.41. The van der Waals surface area contributed by atoms with E-state index in [1.165, 1.54) is 18.2 Å². The van der Waals surface area contributed by atoms with Crippen molar-refractivity contribution < 1.29 is 34.2 Å². The van der Waals surface area contributed by atoms with E-state index in [2.05, 4.69) is 15.6 Å². The number of rotatable bonds is 10. The van der Waals surface area contributed by atoms with Crippen LogP contribution in [0, 0.1) is 0 Å². The van der Waals surface area contributed by atoms with Crippen LogP contribution >= 0.6 is 0 Å². The lowest BCUT2D eigenvalue weighted by molar-refractivity contribution is -0.140. The molecule has 0 unspecified atom stereocenters. The summed E-state index contributed by atoms with van der Waals surface area (Å²) in [7, 11) is 0. The van der Waals surface area contributed by atoms with Crippen molar-refractivity contribution in [3.8, 4) is 0 Å². The number of primary amides is 1. The summed E-state index contributed by atoms with van der Waals surface area (Å²) in [5.41, 5.74) is 6.25. The average Bonchev–Trinajstić information content (AvgIpc) is 2.74. The smallest absolute Gasteiger partial charge is 0.326 e. The molecule has 1 atom stereocenters. The second-order valence-electron chi connectivity index (χ2n) is 6.56. The van der Waals surface area contributed by atoms with Gasteiger partial charge in [0, 0.05) is 17.7 Å². The molecule has 4 amide bonds. The normalized spacial score (nSPS) is 11.1. The molecule has 0 bridgehead atoms. The minimum absolute atomic E-state index is 0.0194. The first kappa shape index (κ1) is 23.8. The summed E-state index contributed by atoms with van der Waals surface area (Å²) >= 11 is 0.